The van der Waals surface area contributed by atoms with Crippen molar-refractivity contribution in [2.24, 2.45) is 5.92 Å². The van der Waals surface area contributed by atoms with Crippen LogP contribution in [-0.4, -0.2) is 29.1 Å². The number of nitrogens with zero attached hydrogens (tertiary/aromatic N) is 2. The Morgan fingerprint density at radius 2 is 2.10 bits per heavy atom. The number of hydrogen-bond acceptors (Lipinski definition) is 4. The van der Waals surface area contributed by atoms with E-state index in [1.165, 1.54) is 12.1 Å². The predicted octanol–water partition coefficient (Wildman–Crippen LogP) is 2.93. The molecule has 112 valence electrons. The summed E-state index contributed by atoms with van der Waals surface area (Å²) >= 11 is 0. The Morgan fingerprint density at radius 3 is 2.67 bits per heavy atom. The second-order valence-corrected chi connectivity index (χ2v) is 5.34. The maximum atomic E-state index is 11.0. The van der Waals surface area contributed by atoms with Gasteiger partial charge in [0.15, 0.2) is 0 Å². The lowest BCUT2D eigenvalue weighted by atomic mass is 9.98. The van der Waals surface area contributed by atoms with Crippen molar-refractivity contribution >= 4 is 23.4 Å². The highest BCUT2D eigenvalue weighted by molar-refractivity contribution is 5.86. The summed E-state index contributed by atoms with van der Waals surface area (Å²) < 4.78 is 0. The van der Waals surface area contributed by atoms with Crippen LogP contribution in [0.3, 0.4) is 0 Å². The number of rotatable bonds is 4. The number of carbonyl (C=O) groups is 1. The molecule has 0 saturated carbocycles. The summed E-state index contributed by atoms with van der Waals surface area (Å²) in [5.41, 5.74) is 1.14. The molecule has 1 aromatic rings. The van der Waals surface area contributed by atoms with E-state index >= 15 is 0 Å². The van der Waals surface area contributed by atoms with Gasteiger partial charge in [0.2, 0.25) is 0 Å². The number of carboxylic acid groups (broad SMARTS) is 1. The van der Waals surface area contributed by atoms with Crippen LogP contribution in [0.5, 0.6) is 0 Å². The van der Waals surface area contributed by atoms with Gasteiger partial charge in [0, 0.05) is 30.9 Å². The standard InChI is InChI=1S/C15H18N2O4/c1-11-6-8-16(9-7-11)13-3-4-14(17(20)21)12(10-13)2-5-15(18)19/h2-5,10-11H,6-9H2,1H3,(H,18,19)/b5-2+. The summed E-state index contributed by atoms with van der Waals surface area (Å²) in [5.74, 6) is -0.424. The Balaban J connectivity index is 2.30. The molecule has 1 fully saturated rings. The number of hydrogen-bond donors (Lipinski definition) is 1. The molecule has 0 atom stereocenters. The monoisotopic (exact) mass is 290 g/mol. The summed E-state index contributed by atoms with van der Waals surface area (Å²) in [4.78, 5) is 23.3. The number of carboxylic acids is 1. The zero-order chi connectivity index (χ0) is 15.4. The molecule has 0 unspecified atom stereocenters. The lowest BCUT2D eigenvalue weighted by molar-refractivity contribution is -0.385. The Kier molecular flexibility index (Phi) is 4.57. The number of nitro groups is 1. The lowest BCUT2D eigenvalue weighted by Gasteiger charge is -2.32. The Morgan fingerprint density at radius 1 is 1.43 bits per heavy atom. The maximum Gasteiger partial charge on any atom is 0.328 e. The van der Waals surface area contributed by atoms with E-state index in [-0.39, 0.29) is 5.69 Å². The molecule has 6 nitrogen and oxygen atoms in total. The minimum atomic E-state index is -1.12. The number of nitro benzene ring substituents is 1. The van der Waals surface area contributed by atoms with E-state index in [2.05, 4.69) is 11.8 Å². The molecular formula is C15H18N2O4. The van der Waals surface area contributed by atoms with Crippen LogP contribution in [-0.2, 0) is 4.79 Å². The van der Waals surface area contributed by atoms with Gasteiger partial charge in [-0.25, -0.2) is 4.79 Å². The molecule has 2 rings (SSSR count). The van der Waals surface area contributed by atoms with Gasteiger partial charge in [-0.3, -0.25) is 10.1 Å². The number of aliphatic carboxylic acids is 1. The minimum absolute atomic E-state index is 0.0818. The van der Waals surface area contributed by atoms with Crippen LogP contribution in [0.15, 0.2) is 24.3 Å². The molecule has 1 heterocycles. The van der Waals surface area contributed by atoms with Gasteiger partial charge in [0.25, 0.3) is 5.69 Å². The van der Waals surface area contributed by atoms with Gasteiger partial charge in [0.05, 0.1) is 10.5 Å². The van der Waals surface area contributed by atoms with E-state index in [0.29, 0.717) is 11.5 Å². The van der Waals surface area contributed by atoms with Crippen molar-refractivity contribution in [3.63, 3.8) is 0 Å². The maximum absolute atomic E-state index is 11.0. The van der Waals surface area contributed by atoms with Gasteiger partial charge >= 0.3 is 5.97 Å². The van der Waals surface area contributed by atoms with Gasteiger partial charge < -0.3 is 10.0 Å². The highest BCUT2D eigenvalue weighted by Gasteiger charge is 2.19. The van der Waals surface area contributed by atoms with Gasteiger partial charge in [-0.2, -0.15) is 0 Å². The SMILES string of the molecule is CC1CCN(c2ccc([N+](=O)[O-])c(/C=C/C(=O)O)c2)CC1. The minimum Gasteiger partial charge on any atom is -0.478 e. The van der Waals surface area contributed by atoms with Crippen molar-refractivity contribution in [2.75, 3.05) is 18.0 Å². The first kappa shape index (κ1) is 15.0. The zero-order valence-electron chi connectivity index (χ0n) is 11.9. The van der Waals surface area contributed by atoms with Crippen molar-refractivity contribution in [3.8, 4) is 0 Å². The molecule has 1 aromatic carbocycles. The smallest absolute Gasteiger partial charge is 0.328 e. The average Bonchev–Trinajstić information content (AvgIpc) is 2.45. The molecule has 0 bridgehead atoms. The molecule has 1 aliphatic heterocycles. The van der Waals surface area contributed by atoms with Crippen LogP contribution in [0.2, 0.25) is 0 Å². The molecule has 0 aliphatic carbocycles. The lowest BCUT2D eigenvalue weighted by Crippen LogP contribution is -2.32. The Hall–Kier alpha value is -2.37. The largest absolute Gasteiger partial charge is 0.478 e. The van der Waals surface area contributed by atoms with Crippen LogP contribution in [0.4, 0.5) is 11.4 Å². The van der Waals surface area contributed by atoms with Crippen LogP contribution >= 0.6 is 0 Å². The van der Waals surface area contributed by atoms with E-state index < -0.39 is 10.9 Å². The van der Waals surface area contributed by atoms with Crippen molar-refractivity contribution in [1.29, 1.82) is 0 Å². The molecule has 1 saturated heterocycles. The van der Waals surface area contributed by atoms with Crippen molar-refractivity contribution in [1.82, 2.24) is 0 Å². The Bertz CT molecular complexity index is 575. The predicted molar refractivity (Wildman–Crippen MR) is 80.4 cm³/mol. The zero-order valence-corrected chi connectivity index (χ0v) is 11.9. The van der Waals surface area contributed by atoms with Crippen LogP contribution < -0.4 is 4.90 Å². The molecule has 1 aliphatic rings. The van der Waals surface area contributed by atoms with E-state index in [9.17, 15) is 14.9 Å². The first-order chi connectivity index (χ1) is 9.97. The third-order valence-corrected chi connectivity index (χ3v) is 3.76. The third kappa shape index (κ3) is 3.81. The van der Waals surface area contributed by atoms with E-state index in [1.807, 2.05) is 0 Å². The van der Waals surface area contributed by atoms with Gasteiger partial charge in [0.1, 0.15) is 0 Å². The summed E-state index contributed by atoms with van der Waals surface area (Å²) in [5, 5.41) is 19.7. The highest BCUT2D eigenvalue weighted by atomic mass is 16.6. The van der Waals surface area contributed by atoms with E-state index in [0.717, 1.165) is 37.7 Å². The molecule has 6 heteroatoms. The van der Waals surface area contributed by atoms with Crippen molar-refractivity contribution < 1.29 is 14.8 Å². The summed E-state index contributed by atoms with van der Waals surface area (Å²) in [6.45, 7) is 4.05. The highest BCUT2D eigenvalue weighted by Crippen LogP contribution is 2.29. The second kappa shape index (κ2) is 6.39. The summed E-state index contributed by atoms with van der Waals surface area (Å²) in [6.07, 6.45) is 4.38. The fourth-order valence-corrected chi connectivity index (χ4v) is 2.47. The van der Waals surface area contributed by atoms with Gasteiger partial charge in [-0.15, -0.1) is 0 Å². The topological polar surface area (TPSA) is 83.7 Å². The van der Waals surface area contributed by atoms with Crippen molar-refractivity contribution in [2.45, 2.75) is 19.8 Å². The number of piperidine rings is 1. The molecule has 0 radical (unpaired) electrons. The normalized spacial score (nSPS) is 16.3. The van der Waals surface area contributed by atoms with E-state index in [4.69, 9.17) is 5.11 Å². The van der Waals surface area contributed by atoms with Crippen LogP contribution in [0.1, 0.15) is 25.3 Å². The van der Waals surface area contributed by atoms with Crippen LogP contribution in [0, 0.1) is 16.0 Å². The second-order valence-electron chi connectivity index (χ2n) is 5.34. The number of anilines is 1. The fraction of sp³-hybridized carbons (Fsp3) is 0.400. The van der Waals surface area contributed by atoms with Gasteiger partial charge in [-0.1, -0.05) is 6.92 Å². The Labute approximate surface area is 122 Å². The van der Waals surface area contributed by atoms with Gasteiger partial charge in [-0.05, 0) is 37.0 Å². The first-order valence-corrected chi connectivity index (χ1v) is 6.92. The first-order valence-electron chi connectivity index (χ1n) is 6.92. The summed E-state index contributed by atoms with van der Waals surface area (Å²) in [6, 6.07) is 4.86. The quantitative estimate of drug-likeness (QED) is 0.523. The van der Waals surface area contributed by atoms with Crippen molar-refractivity contribution in [3.05, 3.63) is 40.0 Å². The summed E-state index contributed by atoms with van der Waals surface area (Å²) in [7, 11) is 0. The van der Waals surface area contributed by atoms with E-state index in [1.54, 1.807) is 12.1 Å². The molecular weight excluding hydrogens is 272 g/mol. The number of benzene rings is 1. The molecule has 0 amide bonds. The molecule has 21 heavy (non-hydrogen) atoms. The van der Waals surface area contributed by atoms with Crippen LogP contribution in [0.25, 0.3) is 6.08 Å². The molecule has 0 aromatic heterocycles. The molecule has 1 N–H and O–H groups in total. The average molecular weight is 290 g/mol. The fourth-order valence-electron chi connectivity index (χ4n) is 2.47. The third-order valence-electron chi connectivity index (χ3n) is 3.76. The molecule has 0 spiro atoms.